The van der Waals surface area contributed by atoms with Crippen molar-refractivity contribution in [2.24, 2.45) is 0 Å². The van der Waals surface area contributed by atoms with E-state index in [9.17, 15) is 18.0 Å². The number of carbonyl (C=O) groups excluding carboxylic acids is 1. The van der Waals surface area contributed by atoms with Crippen molar-refractivity contribution >= 4 is 6.29 Å². The van der Waals surface area contributed by atoms with Gasteiger partial charge in [0.1, 0.15) is 12.9 Å². The van der Waals surface area contributed by atoms with Crippen LogP contribution in [0.5, 0.6) is 0 Å². The van der Waals surface area contributed by atoms with Gasteiger partial charge in [-0.05, 0) is 12.8 Å². The second-order valence-corrected chi connectivity index (χ2v) is 3.53. The molecule has 0 radical (unpaired) electrons. The lowest BCUT2D eigenvalue weighted by molar-refractivity contribution is -0.284. The Morgan fingerprint density at radius 1 is 1.21 bits per heavy atom. The third kappa shape index (κ3) is 2.26. The van der Waals surface area contributed by atoms with Gasteiger partial charge in [0.05, 0.1) is 0 Å². The Bertz CT molecular complexity index is 195. The molecule has 1 aliphatic rings. The van der Waals surface area contributed by atoms with Crippen LogP contribution < -0.4 is 0 Å². The molecule has 0 saturated heterocycles. The van der Waals surface area contributed by atoms with Crippen molar-refractivity contribution < 1.29 is 22.7 Å². The van der Waals surface area contributed by atoms with Gasteiger partial charge in [-0.3, -0.25) is 0 Å². The fraction of sp³-hybridized carbons (Fsp3) is 0.889. The average molecular weight is 210 g/mol. The van der Waals surface area contributed by atoms with E-state index in [1.54, 1.807) is 0 Å². The Labute approximate surface area is 80.4 Å². The number of alkyl halides is 3. The number of aldehydes is 1. The highest BCUT2D eigenvalue weighted by molar-refractivity contribution is 5.50. The van der Waals surface area contributed by atoms with Crippen molar-refractivity contribution in [3.8, 4) is 0 Å². The molecule has 1 fully saturated rings. The number of rotatable bonds is 3. The van der Waals surface area contributed by atoms with Crippen LogP contribution in [0.15, 0.2) is 0 Å². The van der Waals surface area contributed by atoms with E-state index in [1.807, 2.05) is 0 Å². The summed E-state index contributed by atoms with van der Waals surface area (Å²) in [6.45, 7) is -0.473. The predicted molar refractivity (Wildman–Crippen MR) is 43.9 cm³/mol. The zero-order chi connectivity index (χ0) is 10.7. The van der Waals surface area contributed by atoms with E-state index < -0.39 is 18.4 Å². The molecule has 0 amide bonds. The normalized spacial score (nSPS) is 21.9. The minimum Gasteiger partial charge on any atom is -0.358 e. The number of hydrogen-bond donors (Lipinski definition) is 0. The quantitative estimate of drug-likeness (QED) is 0.669. The molecule has 14 heavy (non-hydrogen) atoms. The lowest BCUT2D eigenvalue weighted by Gasteiger charge is -2.38. The van der Waals surface area contributed by atoms with Gasteiger partial charge >= 0.3 is 6.18 Å². The summed E-state index contributed by atoms with van der Waals surface area (Å²) in [5.74, 6) is 0. The first-order chi connectivity index (χ1) is 6.52. The van der Waals surface area contributed by atoms with E-state index in [1.165, 1.54) is 0 Å². The minimum absolute atomic E-state index is 0.0235. The Balaban J connectivity index is 2.71. The van der Waals surface area contributed by atoms with Gasteiger partial charge in [0.2, 0.25) is 0 Å². The molecular weight excluding hydrogens is 197 g/mol. The molecule has 1 aliphatic carbocycles. The van der Waals surface area contributed by atoms with Crippen LogP contribution in [0.2, 0.25) is 0 Å². The zero-order valence-electron chi connectivity index (χ0n) is 7.77. The van der Waals surface area contributed by atoms with E-state index >= 15 is 0 Å². The summed E-state index contributed by atoms with van der Waals surface area (Å²) < 4.78 is 42.7. The summed E-state index contributed by atoms with van der Waals surface area (Å²) in [6.07, 6.45) is -2.22. The lowest BCUT2D eigenvalue weighted by Crippen LogP contribution is -2.49. The molecule has 82 valence electrons. The molecule has 0 N–H and O–H groups in total. The fourth-order valence-corrected chi connectivity index (χ4v) is 1.83. The summed E-state index contributed by atoms with van der Waals surface area (Å²) >= 11 is 0. The molecule has 0 aromatic carbocycles. The molecular formula is C9H13F3O2. The summed E-state index contributed by atoms with van der Waals surface area (Å²) in [5, 5.41) is 0. The van der Waals surface area contributed by atoms with Gasteiger partial charge in [-0.15, -0.1) is 0 Å². The average Bonchev–Trinajstić information content (AvgIpc) is 2.14. The smallest absolute Gasteiger partial charge is 0.358 e. The van der Waals surface area contributed by atoms with E-state index in [0.717, 1.165) is 6.42 Å². The molecule has 0 bridgehead atoms. The summed E-state index contributed by atoms with van der Waals surface area (Å²) in [6, 6.07) is 0. The fourth-order valence-electron chi connectivity index (χ4n) is 1.83. The SMILES string of the molecule is O=CCOC1(C(F)(F)F)CCCCC1. The first-order valence-electron chi connectivity index (χ1n) is 4.66. The Morgan fingerprint density at radius 3 is 2.21 bits per heavy atom. The van der Waals surface area contributed by atoms with E-state index in [0.29, 0.717) is 19.1 Å². The molecule has 0 aliphatic heterocycles. The Hall–Kier alpha value is -0.580. The van der Waals surface area contributed by atoms with E-state index in [2.05, 4.69) is 0 Å². The first-order valence-corrected chi connectivity index (χ1v) is 4.66. The third-order valence-electron chi connectivity index (χ3n) is 2.61. The van der Waals surface area contributed by atoms with Crippen LogP contribution in [0.4, 0.5) is 13.2 Å². The highest BCUT2D eigenvalue weighted by Gasteiger charge is 2.55. The number of ether oxygens (including phenoxy) is 1. The Morgan fingerprint density at radius 2 is 1.79 bits per heavy atom. The maximum Gasteiger partial charge on any atom is 0.417 e. The Kier molecular flexibility index (Phi) is 3.53. The monoisotopic (exact) mass is 210 g/mol. The molecule has 5 heteroatoms. The van der Waals surface area contributed by atoms with Crippen molar-refractivity contribution in [1.29, 1.82) is 0 Å². The van der Waals surface area contributed by atoms with Crippen molar-refractivity contribution in [3.63, 3.8) is 0 Å². The maximum absolute atomic E-state index is 12.7. The van der Waals surface area contributed by atoms with Crippen LogP contribution in [0, 0.1) is 0 Å². The molecule has 0 aromatic rings. The predicted octanol–water partition coefficient (Wildman–Crippen LogP) is 2.47. The molecule has 0 atom stereocenters. The highest BCUT2D eigenvalue weighted by atomic mass is 19.4. The van der Waals surface area contributed by atoms with Crippen LogP contribution in [0.1, 0.15) is 32.1 Å². The number of halogens is 3. The molecule has 0 aromatic heterocycles. The first kappa shape index (κ1) is 11.5. The van der Waals surface area contributed by atoms with Gasteiger partial charge in [0.25, 0.3) is 0 Å². The van der Waals surface area contributed by atoms with Crippen molar-refractivity contribution in [2.45, 2.75) is 43.9 Å². The molecule has 1 saturated carbocycles. The molecule has 1 rings (SSSR count). The van der Waals surface area contributed by atoms with Gasteiger partial charge in [0.15, 0.2) is 5.60 Å². The molecule has 0 heterocycles. The number of hydrogen-bond acceptors (Lipinski definition) is 2. The van der Waals surface area contributed by atoms with Crippen LogP contribution in [0.25, 0.3) is 0 Å². The van der Waals surface area contributed by atoms with Crippen molar-refractivity contribution in [2.75, 3.05) is 6.61 Å². The van der Waals surface area contributed by atoms with Crippen LogP contribution >= 0.6 is 0 Å². The van der Waals surface area contributed by atoms with Crippen molar-refractivity contribution in [3.05, 3.63) is 0 Å². The summed E-state index contributed by atoms with van der Waals surface area (Å²) in [5.41, 5.74) is -2.06. The largest absolute Gasteiger partial charge is 0.417 e. The van der Waals surface area contributed by atoms with Crippen LogP contribution in [-0.4, -0.2) is 24.7 Å². The van der Waals surface area contributed by atoms with Gasteiger partial charge in [-0.1, -0.05) is 19.3 Å². The van der Waals surface area contributed by atoms with Crippen molar-refractivity contribution in [1.82, 2.24) is 0 Å². The molecule has 0 spiro atoms. The minimum atomic E-state index is -4.36. The van der Waals surface area contributed by atoms with Crippen LogP contribution in [0.3, 0.4) is 0 Å². The number of carbonyl (C=O) groups is 1. The topological polar surface area (TPSA) is 26.3 Å². The van der Waals surface area contributed by atoms with Gasteiger partial charge in [0, 0.05) is 0 Å². The molecule has 0 unspecified atom stereocenters. The summed E-state index contributed by atoms with van der Waals surface area (Å²) in [4.78, 5) is 10.0. The highest BCUT2D eigenvalue weighted by Crippen LogP contribution is 2.44. The van der Waals surface area contributed by atoms with Gasteiger partial charge in [-0.2, -0.15) is 13.2 Å². The standard InChI is InChI=1S/C9H13F3O2/c10-9(11,12)8(14-7-6-13)4-2-1-3-5-8/h6H,1-5,7H2. The lowest BCUT2D eigenvalue weighted by atomic mass is 9.84. The maximum atomic E-state index is 12.7. The molecule has 2 nitrogen and oxygen atoms in total. The van der Waals surface area contributed by atoms with Gasteiger partial charge < -0.3 is 9.53 Å². The zero-order valence-corrected chi connectivity index (χ0v) is 7.77. The van der Waals surface area contributed by atoms with Crippen LogP contribution in [-0.2, 0) is 9.53 Å². The third-order valence-corrected chi connectivity index (χ3v) is 2.61. The van der Waals surface area contributed by atoms with Gasteiger partial charge in [-0.25, -0.2) is 0 Å². The van der Waals surface area contributed by atoms with E-state index in [-0.39, 0.29) is 12.8 Å². The second-order valence-electron chi connectivity index (χ2n) is 3.53. The second kappa shape index (κ2) is 4.29. The van der Waals surface area contributed by atoms with E-state index in [4.69, 9.17) is 4.74 Å². The summed E-state index contributed by atoms with van der Waals surface area (Å²) in [7, 11) is 0.